The predicted molar refractivity (Wildman–Crippen MR) is 86.7 cm³/mol. The molecular formula is C15H16Cl2N4O2. The highest BCUT2D eigenvalue weighted by molar-refractivity contribution is 6.34. The molecule has 1 aliphatic rings. The Labute approximate surface area is 144 Å². The molecule has 0 aliphatic carbocycles. The normalized spacial score (nSPS) is 15.9. The van der Waals surface area contributed by atoms with Gasteiger partial charge in [-0.1, -0.05) is 28.4 Å². The van der Waals surface area contributed by atoms with Gasteiger partial charge in [-0.3, -0.25) is 9.69 Å². The SMILES string of the molecule is Cc1cc(CN2CCN(C(=O)c3nc(Cl)ccc3Cl)CC2)on1. The maximum atomic E-state index is 12.5. The smallest absolute Gasteiger partial charge is 0.274 e. The van der Waals surface area contributed by atoms with Gasteiger partial charge in [0.15, 0.2) is 5.76 Å². The zero-order chi connectivity index (χ0) is 16.4. The summed E-state index contributed by atoms with van der Waals surface area (Å²) in [5.41, 5.74) is 1.08. The standard InChI is InChI=1S/C15H16Cl2N4O2/c1-10-8-11(23-19-10)9-20-4-6-21(7-5-20)15(22)14-12(16)2-3-13(17)18-14/h2-3,8H,4-7,9H2,1H3. The van der Waals surface area contributed by atoms with E-state index in [2.05, 4.69) is 15.0 Å². The lowest BCUT2D eigenvalue weighted by Gasteiger charge is -2.34. The van der Waals surface area contributed by atoms with Gasteiger partial charge >= 0.3 is 0 Å². The molecule has 1 saturated heterocycles. The van der Waals surface area contributed by atoms with Gasteiger partial charge in [0.2, 0.25) is 0 Å². The number of hydrogen-bond donors (Lipinski definition) is 0. The molecule has 0 spiro atoms. The van der Waals surface area contributed by atoms with Crippen molar-refractivity contribution in [1.29, 1.82) is 0 Å². The first-order valence-corrected chi connectivity index (χ1v) is 8.04. The molecule has 0 saturated carbocycles. The van der Waals surface area contributed by atoms with Gasteiger partial charge in [-0.2, -0.15) is 0 Å². The van der Waals surface area contributed by atoms with Crippen molar-refractivity contribution in [2.45, 2.75) is 13.5 Å². The summed E-state index contributed by atoms with van der Waals surface area (Å²) in [6.45, 7) is 5.31. The number of hydrogen-bond acceptors (Lipinski definition) is 5. The molecule has 1 amide bonds. The van der Waals surface area contributed by atoms with E-state index in [1.54, 1.807) is 17.0 Å². The fourth-order valence-electron chi connectivity index (χ4n) is 2.54. The number of aromatic nitrogens is 2. The fraction of sp³-hybridized carbons (Fsp3) is 0.400. The number of piperazine rings is 1. The Morgan fingerprint density at radius 3 is 2.65 bits per heavy atom. The molecule has 8 heteroatoms. The molecule has 0 N–H and O–H groups in total. The second kappa shape index (κ2) is 6.86. The Balaban J connectivity index is 1.60. The number of rotatable bonds is 3. The minimum atomic E-state index is -0.187. The van der Waals surface area contributed by atoms with E-state index in [4.69, 9.17) is 27.7 Å². The molecule has 0 atom stereocenters. The Bertz CT molecular complexity index is 711. The molecule has 23 heavy (non-hydrogen) atoms. The first-order chi connectivity index (χ1) is 11.0. The Kier molecular flexibility index (Phi) is 4.84. The number of nitrogens with zero attached hydrogens (tertiary/aromatic N) is 4. The van der Waals surface area contributed by atoms with Gasteiger partial charge in [-0.15, -0.1) is 0 Å². The molecule has 6 nitrogen and oxygen atoms in total. The summed E-state index contributed by atoms with van der Waals surface area (Å²) in [7, 11) is 0. The van der Waals surface area contributed by atoms with E-state index in [9.17, 15) is 4.79 Å². The van der Waals surface area contributed by atoms with E-state index in [-0.39, 0.29) is 16.8 Å². The molecule has 0 bridgehead atoms. The fourth-order valence-corrected chi connectivity index (χ4v) is 2.87. The summed E-state index contributed by atoms with van der Waals surface area (Å²) in [5, 5.41) is 4.46. The number of carbonyl (C=O) groups excluding carboxylic acids is 1. The summed E-state index contributed by atoms with van der Waals surface area (Å²) in [4.78, 5) is 20.5. The van der Waals surface area contributed by atoms with E-state index in [0.29, 0.717) is 24.7 Å². The Morgan fingerprint density at radius 2 is 2.00 bits per heavy atom. The van der Waals surface area contributed by atoms with Gasteiger partial charge in [0, 0.05) is 32.2 Å². The molecule has 0 aromatic carbocycles. The zero-order valence-electron chi connectivity index (χ0n) is 12.6. The van der Waals surface area contributed by atoms with E-state index < -0.39 is 0 Å². The molecule has 3 rings (SSSR count). The summed E-state index contributed by atoms with van der Waals surface area (Å²) in [5.74, 6) is 0.648. The molecule has 3 heterocycles. The van der Waals surface area contributed by atoms with Crippen LogP contribution in [0.25, 0.3) is 0 Å². The average Bonchev–Trinajstić information content (AvgIpc) is 2.95. The third kappa shape index (κ3) is 3.83. The lowest BCUT2D eigenvalue weighted by atomic mass is 10.2. The maximum Gasteiger partial charge on any atom is 0.274 e. The summed E-state index contributed by atoms with van der Waals surface area (Å²) in [6, 6.07) is 5.08. The Morgan fingerprint density at radius 1 is 1.26 bits per heavy atom. The second-order valence-electron chi connectivity index (χ2n) is 5.47. The van der Waals surface area contributed by atoms with E-state index in [0.717, 1.165) is 24.5 Å². The van der Waals surface area contributed by atoms with Gasteiger partial charge in [-0.25, -0.2) is 4.98 Å². The van der Waals surface area contributed by atoms with Gasteiger partial charge in [0.25, 0.3) is 5.91 Å². The molecule has 1 aliphatic heterocycles. The maximum absolute atomic E-state index is 12.5. The van der Waals surface area contributed by atoms with Gasteiger partial charge in [0.05, 0.1) is 17.3 Å². The van der Waals surface area contributed by atoms with Crippen molar-refractivity contribution < 1.29 is 9.32 Å². The van der Waals surface area contributed by atoms with Crippen LogP contribution in [-0.4, -0.2) is 52.0 Å². The van der Waals surface area contributed by atoms with Crippen LogP contribution < -0.4 is 0 Å². The van der Waals surface area contributed by atoms with Gasteiger partial charge in [-0.05, 0) is 19.1 Å². The van der Waals surface area contributed by atoms with Crippen molar-refractivity contribution in [3.05, 3.63) is 45.5 Å². The zero-order valence-corrected chi connectivity index (χ0v) is 14.1. The van der Waals surface area contributed by atoms with Crippen LogP contribution in [-0.2, 0) is 6.54 Å². The van der Waals surface area contributed by atoms with E-state index in [1.807, 2.05) is 13.0 Å². The molecule has 2 aromatic heterocycles. The number of aryl methyl sites for hydroxylation is 1. The van der Waals surface area contributed by atoms with E-state index >= 15 is 0 Å². The molecule has 122 valence electrons. The quantitative estimate of drug-likeness (QED) is 0.792. The van der Waals surface area contributed by atoms with Crippen LogP contribution in [0.5, 0.6) is 0 Å². The second-order valence-corrected chi connectivity index (χ2v) is 6.26. The number of pyridine rings is 1. The summed E-state index contributed by atoms with van der Waals surface area (Å²) in [6.07, 6.45) is 0. The molecule has 0 unspecified atom stereocenters. The minimum absolute atomic E-state index is 0.187. The van der Waals surface area contributed by atoms with Crippen molar-refractivity contribution in [2.75, 3.05) is 26.2 Å². The first kappa shape index (κ1) is 16.2. The van der Waals surface area contributed by atoms with Crippen molar-refractivity contribution in [2.24, 2.45) is 0 Å². The van der Waals surface area contributed by atoms with Gasteiger partial charge in [0.1, 0.15) is 10.8 Å². The van der Waals surface area contributed by atoms with Crippen molar-refractivity contribution >= 4 is 29.1 Å². The number of halogens is 2. The monoisotopic (exact) mass is 354 g/mol. The highest BCUT2D eigenvalue weighted by Gasteiger charge is 2.25. The van der Waals surface area contributed by atoms with Crippen molar-refractivity contribution in [1.82, 2.24) is 19.9 Å². The highest BCUT2D eigenvalue weighted by atomic mass is 35.5. The lowest BCUT2D eigenvalue weighted by molar-refractivity contribution is 0.0612. The highest BCUT2D eigenvalue weighted by Crippen LogP contribution is 2.19. The predicted octanol–water partition coefficient (Wildman–Crippen LogP) is 2.64. The molecular weight excluding hydrogens is 339 g/mol. The summed E-state index contributed by atoms with van der Waals surface area (Å²) >= 11 is 11.9. The van der Waals surface area contributed by atoms with Crippen molar-refractivity contribution in [3.8, 4) is 0 Å². The molecule has 2 aromatic rings. The van der Waals surface area contributed by atoms with Crippen LogP contribution in [0.2, 0.25) is 10.2 Å². The van der Waals surface area contributed by atoms with Crippen LogP contribution in [0.3, 0.4) is 0 Å². The average molecular weight is 355 g/mol. The van der Waals surface area contributed by atoms with Crippen LogP contribution in [0, 0.1) is 6.92 Å². The molecule has 0 radical (unpaired) electrons. The third-order valence-electron chi connectivity index (χ3n) is 3.73. The Hall–Kier alpha value is -1.63. The summed E-state index contributed by atoms with van der Waals surface area (Å²) < 4.78 is 5.23. The topological polar surface area (TPSA) is 62.5 Å². The lowest BCUT2D eigenvalue weighted by Crippen LogP contribution is -2.48. The molecule has 1 fully saturated rings. The van der Waals surface area contributed by atoms with E-state index in [1.165, 1.54) is 0 Å². The largest absolute Gasteiger partial charge is 0.360 e. The number of amides is 1. The van der Waals surface area contributed by atoms with Crippen LogP contribution in [0.15, 0.2) is 22.7 Å². The first-order valence-electron chi connectivity index (χ1n) is 7.29. The third-order valence-corrected chi connectivity index (χ3v) is 4.25. The van der Waals surface area contributed by atoms with Crippen molar-refractivity contribution in [3.63, 3.8) is 0 Å². The van der Waals surface area contributed by atoms with Crippen LogP contribution >= 0.6 is 23.2 Å². The van der Waals surface area contributed by atoms with Crippen LogP contribution in [0.1, 0.15) is 21.9 Å². The van der Waals surface area contributed by atoms with Gasteiger partial charge < -0.3 is 9.42 Å². The van der Waals surface area contributed by atoms with Crippen LogP contribution in [0.4, 0.5) is 0 Å². The number of carbonyl (C=O) groups is 1. The minimum Gasteiger partial charge on any atom is -0.360 e.